The molecule has 0 aliphatic heterocycles. The van der Waals surface area contributed by atoms with E-state index in [-0.39, 0.29) is 6.42 Å². The quantitative estimate of drug-likeness (QED) is 0.784. The Labute approximate surface area is 80.2 Å². The molecule has 78 valence electrons. The van der Waals surface area contributed by atoms with Gasteiger partial charge in [-0.1, -0.05) is 29.8 Å². The van der Waals surface area contributed by atoms with Crippen molar-refractivity contribution in [1.82, 2.24) is 0 Å². The van der Waals surface area contributed by atoms with Crippen LogP contribution >= 0.6 is 0 Å². The van der Waals surface area contributed by atoms with E-state index in [0.29, 0.717) is 5.56 Å². The zero-order valence-corrected chi connectivity index (χ0v) is 7.67. The van der Waals surface area contributed by atoms with Crippen LogP contribution in [0.3, 0.4) is 0 Å². The lowest BCUT2D eigenvalue weighted by Gasteiger charge is -2.14. The number of hydrogen-bond acceptors (Lipinski definition) is 1. The molecule has 1 atom stereocenters. The number of halogens is 3. The average molecular weight is 204 g/mol. The number of benzene rings is 1. The number of hydrogen-bond donors (Lipinski definition) is 1. The van der Waals surface area contributed by atoms with E-state index in [1.165, 1.54) is 0 Å². The van der Waals surface area contributed by atoms with Crippen LogP contribution < -0.4 is 0 Å². The van der Waals surface area contributed by atoms with Crippen LogP contribution in [0.1, 0.15) is 11.1 Å². The fraction of sp³-hybridized carbons (Fsp3) is 0.400. The highest BCUT2D eigenvalue weighted by molar-refractivity contribution is 5.21. The fourth-order valence-electron chi connectivity index (χ4n) is 1.06. The van der Waals surface area contributed by atoms with Gasteiger partial charge in [0.15, 0.2) is 6.10 Å². The van der Waals surface area contributed by atoms with Gasteiger partial charge >= 0.3 is 6.18 Å². The molecule has 0 spiro atoms. The smallest absolute Gasteiger partial charge is 0.383 e. The SMILES string of the molecule is Cc1ccc(CC(O)C(F)(F)F)cc1. The summed E-state index contributed by atoms with van der Waals surface area (Å²) in [6.07, 6.45) is -7.19. The van der Waals surface area contributed by atoms with Crippen molar-refractivity contribution in [3.8, 4) is 0 Å². The predicted octanol–water partition coefficient (Wildman–Crippen LogP) is 2.46. The summed E-state index contributed by atoms with van der Waals surface area (Å²) in [6.45, 7) is 1.85. The number of aliphatic hydroxyl groups excluding tert-OH is 1. The first-order valence-corrected chi connectivity index (χ1v) is 4.20. The summed E-state index contributed by atoms with van der Waals surface area (Å²) in [4.78, 5) is 0. The topological polar surface area (TPSA) is 20.2 Å². The van der Waals surface area contributed by atoms with Crippen LogP contribution in [0.15, 0.2) is 24.3 Å². The molecular weight excluding hydrogens is 193 g/mol. The Hall–Kier alpha value is -1.03. The lowest BCUT2D eigenvalue weighted by atomic mass is 10.1. The van der Waals surface area contributed by atoms with Gasteiger partial charge in [0.25, 0.3) is 0 Å². The van der Waals surface area contributed by atoms with Gasteiger partial charge in [-0.15, -0.1) is 0 Å². The molecule has 1 nitrogen and oxygen atoms in total. The van der Waals surface area contributed by atoms with Gasteiger partial charge in [0.1, 0.15) is 0 Å². The molecule has 1 rings (SSSR count). The Morgan fingerprint density at radius 3 is 2.14 bits per heavy atom. The summed E-state index contributed by atoms with van der Waals surface area (Å²) in [7, 11) is 0. The second kappa shape index (κ2) is 4.00. The van der Waals surface area contributed by atoms with E-state index in [1.807, 2.05) is 6.92 Å². The van der Waals surface area contributed by atoms with Crippen molar-refractivity contribution in [1.29, 1.82) is 0 Å². The molecule has 0 bridgehead atoms. The Morgan fingerprint density at radius 2 is 1.71 bits per heavy atom. The lowest BCUT2D eigenvalue weighted by molar-refractivity contribution is -0.203. The van der Waals surface area contributed by atoms with Gasteiger partial charge in [0.05, 0.1) is 0 Å². The second-order valence-electron chi connectivity index (χ2n) is 3.25. The van der Waals surface area contributed by atoms with Crippen molar-refractivity contribution in [3.05, 3.63) is 35.4 Å². The van der Waals surface area contributed by atoms with Crippen LogP contribution in [0.25, 0.3) is 0 Å². The van der Waals surface area contributed by atoms with Gasteiger partial charge in [0, 0.05) is 6.42 Å². The first-order chi connectivity index (χ1) is 6.39. The normalized spacial score (nSPS) is 14.1. The number of aryl methyl sites for hydroxylation is 1. The fourth-order valence-corrected chi connectivity index (χ4v) is 1.06. The Balaban J connectivity index is 2.65. The maximum absolute atomic E-state index is 12.0. The molecule has 1 aromatic rings. The number of alkyl halides is 3. The summed E-state index contributed by atoms with van der Waals surface area (Å²) in [5, 5.41) is 8.78. The molecule has 0 aromatic heterocycles. The van der Waals surface area contributed by atoms with Crippen LogP contribution in [-0.2, 0) is 6.42 Å². The molecule has 0 aliphatic carbocycles. The number of rotatable bonds is 2. The molecule has 0 saturated carbocycles. The minimum atomic E-state index is -4.54. The van der Waals surface area contributed by atoms with Gasteiger partial charge < -0.3 is 5.11 Å². The van der Waals surface area contributed by atoms with Gasteiger partial charge in [-0.25, -0.2) is 0 Å². The third-order valence-electron chi connectivity index (χ3n) is 1.93. The van der Waals surface area contributed by atoms with Crippen LogP contribution in [0.4, 0.5) is 13.2 Å². The molecule has 0 aliphatic rings. The van der Waals surface area contributed by atoms with E-state index < -0.39 is 12.3 Å². The molecule has 4 heteroatoms. The third kappa shape index (κ3) is 3.03. The summed E-state index contributed by atoms with van der Waals surface area (Å²) < 4.78 is 35.9. The van der Waals surface area contributed by atoms with Crippen molar-refractivity contribution in [3.63, 3.8) is 0 Å². The summed E-state index contributed by atoms with van der Waals surface area (Å²) in [6, 6.07) is 6.62. The lowest BCUT2D eigenvalue weighted by Crippen LogP contribution is -2.30. The maximum atomic E-state index is 12.0. The van der Waals surface area contributed by atoms with E-state index >= 15 is 0 Å². The second-order valence-corrected chi connectivity index (χ2v) is 3.25. The molecule has 1 aromatic carbocycles. The molecule has 0 saturated heterocycles. The van der Waals surface area contributed by atoms with E-state index in [2.05, 4.69) is 0 Å². The minimum Gasteiger partial charge on any atom is -0.383 e. The molecule has 1 unspecified atom stereocenters. The van der Waals surface area contributed by atoms with Crippen LogP contribution in [-0.4, -0.2) is 17.4 Å². The van der Waals surface area contributed by atoms with Gasteiger partial charge in [0.2, 0.25) is 0 Å². The van der Waals surface area contributed by atoms with E-state index in [0.717, 1.165) is 5.56 Å². The number of aliphatic hydroxyl groups is 1. The summed E-state index contributed by atoms with van der Waals surface area (Å²) >= 11 is 0. The molecule has 0 radical (unpaired) electrons. The zero-order valence-electron chi connectivity index (χ0n) is 7.67. The molecule has 14 heavy (non-hydrogen) atoms. The first kappa shape index (κ1) is 11.0. The van der Waals surface area contributed by atoms with Crippen LogP contribution in [0.5, 0.6) is 0 Å². The summed E-state index contributed by atoms with van der Waals surface area (Å²) in [5.41, 5.74) is 1.47. The van der Waals surface area contributed by atoms with Gasteiger partial charge in [-0.2, -0.15) is 13.2 Å². The van der Waals surface area contributed by atoms with E-state index in [4.69, 9.17) is 5.11 Å². The van der Waals surface area contributed by atoms with Crippen molar-refractivity contribution in [2.24, 2.45) is 0 Å². The molecular formula is C10H11F3O. The van der Waals surface area contributed by atoms with E-state index in [9.17, 15) is 13.2 Å². The first-order valence-electron chi connectivity index (χ1n) is 4.20. The van der Waals surface area contributed by atoms with E-state index in [1.54, 1.807) is 24.3 Å². The standard InChI is InChI=1S/C10H11F3O/c1-7-2-4-8(5-3-7)6-9(14)10(11,12)13/h2-5,9,14H,6H2,1H3. The van der Waals surface area contributed by atoms with Gasteiger partial charge in [-0.3, -0.25) is 0 Å². The van der Waals surface area contributed by atoms with Crippen molar-refractivity contribution < 1.29 is 18.3 Å². The van der Waals surface area contributed by atoms with Crippen molar-refractivity contribution >= 4 is 0 Å². The Morgan fingerprint density at radius 1 is 1.21 bits per heavy atom. The monoisotopic (exact) mass is 204 g/mol. The van der Waals surface area contributed by atoms with Crippen molar-refractivity contribution in [2.75, 3.05) is 0 Å². The molecule has 0 fully saturated rings. The van der Waals surface area contributed by atoms with Crippen LogP contribution in [0.2, 0.25) is 0 Å². The highest BCUT2D eigenvalue weighted by Crippen LogP contribution is 2.22. The van der Waals surface area contributed by atoms with Crippen molar-refractivity contribution in [2.45, 2.75) is 25.6 Å². The van der Waals surface area contributed by atoms with Gasteiger partial charge in [-0.05, 0) is 12.5 Å². The highest BCUT2D eigenvalue weighted by atomic mass is 19.4. The Kier molecular flexibility index (Phi) is 3.16. The zero-order chi connectivity index (χ0) is 10.8. The molecule has 1 N–H and O–H groups in total. The summed E-state index contributed by atoms with van der Waals surface area (Å²) in [5.74, 6) is 0. The predicted molar refractivity (Wildman–Crippen MR) is 46.9 cm³/mol. The maximum Gasteiger partial charge on any atom is 0.414 e. The largest absolute Gasteiger partial charge is 0.414 e. The Bertz CT molecular complexity index is 289. The molecule has 0 amide bonds. The van der Waals surface area contributed by atoms with Crippen LogP contribution in [0, 0.1) is 6.92 Å². The average Bonchev–Trinajstić information content (AvgIpc) is 2.07. The third-order valence-corrected chi connectivity index (χ3v) is 1.93. The molecule has 0 heterocycles. The highest BCUT2D eigenvalue weighted by Gasteiger charge is 2.37. The minimum absolute atomic E-state index is 0.385.